The summed E-state index contributed by atoms with van der Waals surface area (Å²) in [4.78, 5) is 0. The van der Waals surface area contributed by atoms with Crippen molar-refractivity contribution in [3.8, 4) is 0 Å². The molecule has 23 heavy (non-hydrogen) atoms. The van der Waals surface area contributed by atoms with E-state index in [9.17, 15) is 4.21 Å². The SMILES string of the molecule is O=S1[C@H](Cc2ccccc2)[C@@H]2NCN[C@H]2[C@H]1Cc1ccccc1. The summed E-state index contributed by atoms with van der Waals surface area (Å²) in [5.41, 5.74) is 2.55. The first-order valence-corrected chi connectivity index (χ1v) is 9.54. The lowest BCUT2D eigenvalue weighted by molar-refractivity contribution is 0.506. The van der Waals surface area contributed by atoms with Crippen molar-refractivity contribution < 1.29 is 4.21 Å². The van der Waals surface area contributed by atoms with Crippen molar-refractivity contribution in [1.29, 1.82) is 0 Å². The molecule has 4 heteroatoms. The minimum atomic E-state index is -0.833. The standard InChI is InChI=1S/C19H22N2OS/c22-23-16(11-14-7-3-1-4-8-14)18-19(21-13-20-18)17(23)12-15-9-5-2-6-10-15/h1-10,16-21H,11-13H2/t16-,17-,18+,19+/m1/s1. The molecular formula is C19H22N2OS. The van der Waals surface area contributed by atoms with E-state index in [1.807, 2.05) is 12.1 Å². The molecule has 2 aromatic carbocycles. The summed E-state index contributed by atoms with van der Waals surface area (Å²) in [5, 5.41) is 7.43. The van der Waals surface area contributed by atoms with Crippen LogP contribution in [0.3, 0.4) is 0 Å². The lowest BCUT2D eigenvalue weighted by Gasteiger charge is -2.16. The van der Waals surface area contributed by atoms with Gasteiger partial charge in [-0.2, -0.15) is 0 Å². The van der Waals surface area contributed by atoms with Gasteiger partial charge in [0.2, 0.25) is 0 Å². The summed E-state index contributed by atoms with van der Waals surface area (Å²) in [6.45, 7) is 0.823. The second-order valence-electron chi connectivity index (χ2n) is 6.42. The van der Waals surface area contributed by atoms with E-state index in [1.54, 1.807) is 0 Å². The van der Waals surface area contributed by atoms with Crippen molar-refractivity contribution in [2.45, 2.75) is 35.4 Å². The molecule has 4 rings (SSSR count). The molecule has 2 aliphatic rings. The number of benzene rings is 2. The Hall–Kier alpha value is -1.49. The normalized spacial score (nSPS) is 32.8. The van der Waals surface area contributed by atoms with Crippen molar-refractivity contribution >= 4 is 10.8 Å². The van der Waals surface area contributed by atoms with E-state index in [1.165, 1.54) is 11.1 Å². The molecule has 0 aliphatic carbocycles. The van der Waals surface area contributed by atoms with E-state index in [2.05, 4.69) is 59.2 Å². The van der Waals surface area contributed by atoms with Crippen LogP contribution in [0.1, 0.15) is 11.1 Å². The first kappa shape index (κ1) is 15.1. The van der Waals surface area contributed by atoms with Crippen molar-refractivity contribution in [3.63, 3.8) is 0 Å². The Balaban J connectivity index is 1.56. The molecule has 0 saturated carbocycles. The van der Waals surface area contributed by atoms with Crippen LogP contribution in [0.2, 0.25) is 0 Å². The van der Waals surface area contributed by atoms with Crippen molar-refractivity contribution in [3.05, 3.63) is 71.8 Å². The minimum absolute atomic E-state index is 0.186. The zero-order valence-electron chi connectivity index (χ0n) is 13.0. The third kappa shape index (κ3) is 2.99. The number of rotatable bonds is 4. The third-order valence-corrected chi connectivity index (χ3v) is 7.13. The molecule has 2 heterocycles. The molecule has 2 N–H and O–H groups in total. The Bertz CT molecular complexity index is 619. The lowest BCUT2D eigenvalue weighted by atomic mass is 9.96. The molecule has 120 valence electrons. The van der Waals surface area contributed by atoms with Crippen LogP contribution in [-0.2, 0) is 23.6 Å². The smallest absolute Gasteiger partial charge is 0.0561 e. The van der Waals surface area contributed by atoms with Gasteiger partial charge in [0, 0.05) is 29.6 Å². The summed E-state index contributed by atoms with van der Waals surface area (Å²) in [5.74, 6) is 0. The fourth-order valence-corrected chi connectivity index (χ4v) is 6.17. The average molecular weight is 326 g/mol. The molecule has 0 radical (unpaired) electrons. The summed E-state index contributed by atoms with van der Waals surface area (Å²) in [6.07, 6.45) is 1.77. The first-order chi connectivity index (χ1) is 11.3. The summed E-state index contributed by atoms with van der Waals surface area (Å²) in [6, 6.07) is 21.5. The monoisotopic (exact) mass is 326 g/mol. The Morgan fingerprint density at radius 1 is 0.783 bits per heavy atom. The van der Waals surface area contributed by atoms with E-state index in [0.717, 1.165) is 19.5 Å². The average Bonchev–Trinajstić information content (AvgIpc) is 3.15. The Morgan fingerprint density at radius 3 is 1.65 bits per heavy atom. The highest BCUT2D eigenvalue weighted by Gasteiger charge is 2.50. The van der Waals surface area contributed by atoms with Gasteiger partial charge in [0.15, 0.2) is 0 Å². The molecule has 0 amide bonds. The molecule has 3 nitrogen and oxygen atoms in total. The van der Waals surface area contributed by atoms with E-state index >= 15 is 0 Å². The summed E-state index contributed by atoms with van der Waals surface area (Å²) in [7, 11) is -0.833. The first-order valence-electron chi connectivity index (χ1n) is 8.27. The van der Waals surface area contributed by atoms with E-state index < -0.39 is 10.8 Å². The van der Waals surface area contributed by atoms with Crippen LogP contribution in [0.25, 0.3) is 0 Å². The van der Waals surface area contributed by atoms with Crippen LogP contribution < -0.4 is 10.6 Å². The minimum Gasteiger partial charge on any atom is -0.299 e. The predicted molar refractivity (Wildman–Crippen MR) is 94.7 cm³/mol. The highest BCUT2D eigenvalue weighted by molar-refractivity contribution is 7.86. The van der Waals surface area contributed by atoms with Gasteiger partial charge in [-0.3, -0.25) is 14.8 Å². The van der Waals surface area contributed by atoms with Crippen molar-refractivity contribution in [2.75, 3.05) is 6.67 Å². The van der Waals surface area contributed by atoms with Crippen LogP contribution in [0, 0.1) is 0 Å². The van der Waals surface area contributed by atoms with Gasteiger partial charge in [-0.25, -0.2) is 0 Å². The molecule has 0 unspecified atom stereocenters. The van der Waals surface area contributed by atoms with Gasteiger partial charge in [-0.05, 0) is 24.0 Å². The fourth-order valence-electron chi connectivity index (χ4n) is 3.90. The fraction of sp³-hybridized carbons (Fsp3) is 0.368. The Kier molecular flexibility index (Phi) is 4.29. The Labute approximate surface area is 140 Å². The topological polar surface area (TPSA) is 41.1 Å². The number of hydrogen-bond donors (Lipinski definition) is 2. The highest BCUT2D eigenvalue weighted by atomic mass is 32.2. The number of nitrogens with one attached hydrogen (secondary N) is 2. The van der Waals surface area contributed by atoms with Crippen LogP contribution in [0.15, 0.2) is 60.7 Å². The maximum atomic E-state index is 13.2. The van der Waals surface area contributed by atoms with Gasteiger partial charge in [0.1, 0.15) is 0 Å². The molecule has 0 spiro atoms. The highest BCUT2D eigenvalue weighted by Crippen LogP contribution is 2.31. The molecule has 2 fully saturated rings. The van der Waals surface area contributed by atoms with Crippen molar-refractivity contribution in [1.82, 2.24) is 10.6 Å². The van der Waals surface area contributed by atoms with Gasteiger partial charge < -0.3 is 0 Å². The van der Waals surface area contributed by atoms with Crippen LogP contribution >= 0.6 is 0 Å². The zero-order chi connectivity index (χ0) is 15.6. The second kappa shape index (κ2) is 6.56. The molecular weight excluding hydrogens is 304 g/mol. The largest absolute Gasteiger partial charge is 0.299 e. The van der Waals surface area contributed by atoms with Crippen LogP contribution in [-0.4, -0.2) is 33.5 Å². The van der Waals surface area contributed by atoms with Gasteiger partial charge in [0.25, 0.3) is 0 Å². The van der Waals surface area contributed by atoms with E-state index in [0.29, 0.717) is 12.1 Å². The molecule has 2 saturated heterocycles. The lowest BCUT2D eigenvalue weighted by Crippen LogP contribution is -2.40. The number of fused-ring (bicyclic) bond motifs is 1. The maximum absolute atomic E-state index is 13.2. The van der Waals surface area contributed by atoms with Gasteiger partial charge in [-0.15, -0.1) is 0 Å². The molecule has 2 aromatic rings. The quantitative estimate of drug-likeness (QED) is 0.901. The zero-order valence-corrected chi connectivity index (χ0v) is 13.8. The summed E-state index contributed by atoms with van der Waals surface area (Å²) < 4.78 is 13.2. The van der Waals surface area contributed by atoms with Gasteiger partial charge in [0.05, 0.1) is 10.5 Å². The van der Waals surface area contributed by atoms with Crippen LogP contribution in [0.5, 0.6) is 0 Å². The molecule has 0 aromatic heterocycles. The van der Waals surface area contributed by atoms with E-state index in [-0.39, 0.29) is 10.5 Å². The molecule has 2 aliphatic heterocycles. The Morgan fingerprint density at radius 2 is 1.22 bits per heavy atom. The predicted octanol–water partition coefficient (Wildman–Crippen LogP) is 1.86. The molecule has 4 atom stereocenters. The maximum Gasteiger partial charge on any atom is 0.0561 e. The number of hydrogen-bond acceptors (Lipinski definition) is 3. The second-order valence-corrected chi connectivity index (χ2v) is 8.29. The van der Waals surface area contributed by atoms with Crippen molar-refractivity contribution in [2.24, 2.45) is 0 Å². The van der Waals surface area contributed by atoms with Gasteiger partial charge in [-0.1, -0.05) is 60.7 Å². The van der Waals surface area contributed by atoms with E-state index in [4.69, 9.17) is 0 Å². The third-order valence-electron chi connectivity index (χ3n) is 5.02. The van der Waals surface area contributed by atoms with Crippen LogP contribution in [0.4, 0.5) is 0 Å². The summed E-state index contributed by atoms with van der Waals surface area (Å²) >= 11 is 0. The van der Waals surface area contributed by atoms with Gasteiger partial charge >= 0.3 is 0 Å². The molecule has 0 bridgehead atoms.